The maximum atomic E-state index is 13.2. The second-order valence-electron chi connectivity index (χ2n) is 8.28. The van der Waals surface area contributed by atoms with Crippen LogP contribution in [0.1, 0.15) is 51.5 Å². The van der Waals surface area contributed by atoms with Crippen molar-refractivity contribution < 1.29 is 23.9 Å². The third-order valence-electron chi connectivity index (χ3n) is 6.36. The first-order chi connectivity index (χ1) is 14.4. The van der Waals surface area contributed by atoms with Gasteiger partial charge in [-0.2, -0.15) is 0 Å². The van der Waals surface area contributed by atoms with Crippen LogP contribution in [0.4, 0.5) is 4.79 Å². The molecular formula is C22H29N3O5. The van der Waals surface area contributed by atoms with Gasteiger partial charge in [-0.1, -0.05) is 25.3 Å². The number of hydrogen-bond acceptors (Lipinski definition) is 5. The number of carbonyl (C=O) groups excluding carboxylic acids is 3. The lowest BCUT2D eigenvalue weighted by Gasteiger charge is -2.34. The number of likely N-dealkylation sites (N-methyl/N-ethyl adjacent to an activating group) is 1. The summed E-state index contributed by atoms with van der Waals surface area (Å²) < 4.78 is 11.1. The summed E-state index contributed by atoms with van der Waals surface area (Å²) in [6.07, 6.45) is 5.38. The molecular weight excluding hydrogens is 386 g/mol. The number of amides is 4. The number of urea groups is 1. The number of fused-ring (bicyclic) bond motifs is 1. The summed E-state index contributed by atoms with van der Waals surface area (Å²) in [5.74, 6) is 0.547. The number of ether oxygens (including phenoxy) is 2. The van der Waals surface area contributed by atoms with Crippen LogP contribution in [0.25, 0.3) is 0 Å². The molecule has 4 amide bonds. The van der Waals surface area contributed by atoms with Gasteiger partial charge >= 0.3 is 6.03 Å². The van der Waals surface area contributed by atoms with E-state index in [1.54, 1.807) is 25.1 Å². The van der Waals surface area contributed by atoms with Gasteiger partial charge in [-0.05, 0) is 44.4 Å². The monoisotopic (exact) mass is 415 g/mol. The van der Waals surface area contributed by atoms with Gasteiger partial charge in [0.25, 0.3) is 5.91 Å². The average Bonchev–Trinajstić information content (AvgIpc) is 2.98. The predicted octanol–water partition coefficient (Wildman–Crippen LogP) is 2.41. The lowest BCUT2D eigenvalue weighted by atomic mass is 9.91. The smallest absolute Gasteiger partial charge is 0.325 e. The standard InChI is InChI=1S/C22H29N3O5/c1-3-24(16-7-5-4-6-8-16)19(26)14-25-20(27)22(2,23-21(25)28)15-9-10-17-18(13-15)30-12-11-29-17/h9-10,13,16H,3-8,11-12,14H2,1-2H3,(H,23,28). The molecule has 162 valence electrons. The second-order valence-corrected chi connectivity index (χ2v) is 8.28. The number of rotatable bonds is 5. The molecule has 0 bridgehead atoms. The molecule has 8 heteroatoms. The van der Waals surface area contributed by atoms with Crippen molar-refractivity contribution in [2.24, 2.45) is 0 Å². The number of imide groups is 1. The molecule has 1 unspecified atom stereocenters. The minimum absolute atomic E-state index is 0.181. The Morgan fingerprint density at radius 2 is 1.87 bits per heavy atom. The van der Waals surface area contributed by atoms with Gasteiger partial charge < -0.3 is 19.7 Å². The Labute approximate surface area is 176 Å². The molecule has 0 radical (unpaired) electrons. The Hall–Kier alpha value is -2.77. The summed E-state index contributed by atoms with van der Waals surface area (Å²) in [5.41, 5.74) is -0.658. The van der Waals surface area contributed by atoms with Crippen molar-refractivity contribution in [1.29, 1.82) is 0 Å². The number of nitrogens with one attached hydrogen (secondary N) is 1. The van der Waals surface area contributed by atoms with Gasteiger partial charge in [0.1, 0.15) is 25.3 Å². The molecule has 1 aromatic carbocycles. The van der Waals surface area contributed by atoms with E-state index in [9.17, 15) is 14.4 Å². The molecule has 2 heterocycles. The minimum Gasteiger partial charge on any atom is -0.486 e. The van der Waals surface area contributed by atoms with Crippen molar-refractivity contribution in [2.75, 3.05) is 26.3 Å². The van der Waals surface area contributed by atoms with E-state index in [2.05, 4.69) is 5.32 Å². The van der Waals surface area contributed by atoms with Crippen LogP contribution >= 0.6 is 0 Å². The highest BCUT2D eigenvalue weighted by atomic mass is 16.6. The molecule has 1 saturated carbocycles. The molecule has 30 heavy (non-hydrogen) atoms. The van der Waals surface area contributed by atoms with Gasteiger partial charge in [0.15, 0.2) is 11.5 Å². The Morgan fingerprint density at radius 1 is 1.17 bits per heavy atom. The van der Waals surface area contributed by atoms with E-state index in [0.29, 0.717) is 36.8 Å². The Balaban J connectivity index is 1.51. The third-order valence-corrected chi connectivity index (χ3v) is 6.36. The molecule has 1 aromatic rings. The molecule has 1 N–H and O–H groups in total. The van der Waals surface area contributed by atoms with Gasteiger partial charge in [0, 0.05) is 12.6 Å². The van der Waals surface area contributed by atoms with Gasteiger partial charge in [0.05, 0.1) is 0 Å². The van der Waals surface area contributed by atoms with Crippen molar-refractivity contribution in [3.63, 3.8) is 0 Å². The molecule has 1 atom stereocenters. The fourth-order valence-corrected chi connectivity index (χ4v) is 4.65. The normalized spacial score (nSPS) is 24.0. The number of carbonyl (C=O) groups is 3. The molecule has 4 rings (SSSR count). The molecule has 0 spiro atoms. The van der Waals surface area contributed by atoms with Crippen LogP contribution in [0, 0.1) is 0 Å². The molecule has 2 aliphatic heterocycles. The van der Waals surface area contributed by atoms with Crippen molar-refractivity contribution in [2.45, 2.75) is 57.5 Å². The first kappa shape index (κ1) is 20.5. The van der Waals surface area contributed by atoms with Crippen LogP contribution in [-0.2, 0) is 15.1 Å². The first-order valence-corrected chi connectivity index (χ1v) is 10.8. The summed E-state index contributed by atoms with van der Waals surface area (Å²) >= 11 is 0. The number of nitrogens with zero attached hydrogens (tertiary/aromatic N) is 2. The maximum Gasteiger partial charge on any atom is 0.325 e. The van der Waals surface area contributed by atoms with Gasteiger partial charge in [0.2, 0.25) is 5.91 Å². The first-order valence-electron chi connectivity index (χ1n) is 10.8. The van der Waals surface area contributed by atoms with Crippen LogP contribution in [0.15, 0.2) is 18.2 Å². The van der Waals surface area contributed by atoms with Crippen LogP contribution in [0.5, 0.6) is 11.5 Å². The van der Waals surface area contributed by atoms with Gasteiger partial charge in [-0.3, -0.25) is 14.5 Å². The van der Waals surface area contributed by atoms with Crippen molar-refractivity contribution in [1.82, 2.24) is 15.1 Å². The topological polar surface area (TPSA) is 88.2 Å². The van der Waals surface area contributed by atoms with E-state index in [0.717, 1.165) is 30.6 Å². The van der Waals surface area contributed by atoms with Crippen molar-refractivity contribution >= 4 is 17.8 Å². The minimum atomic E-state index is -1.25. The van der Waals surface area contributed by atoms with E-state index in [-0.39, 0.29) is 18.5 Å². The molecule has 1 saturated heterocycles. The maximum absolute atomic E-state index is 13.2. The highest BCUT2D eigenvalue weighted by molar-refractivity contribution is 6.09. The van der Waals surface area contributed by atoms with Crippen LogP contribution in [-0.4, -0.2) is 60.0 Å². The average molecular weight is 415 g/mol. The summed E-state index contributed by atoms with van der Waals surface area (Å²) in [6, 6.07) is 4.85. The molecule has 0 aromatic heterocycles. The number of hydrogen-bond donors (Lipinski definition) is 1. The summed E-state index contributed by atoms with van der Waals surface area (Å²) in [7, 11) is 0. The zero-order valence-electron chi connectivity index (χ0n) is 17.6. The lowest BCUT2D eigenvalue weighted by molar-refractivity contribution is -0.140. The fourth-order valence-electron chi connectivity index (χ4n) is 4.65. The van der Waals surface area contributed by atoms with E-state index in [1.165, 1.54) is 6.42 Å². The Morgan fingerprint density at radius 3 is 2.57 bits per heavy atom. The zero-order valence-corrected chi connectivity index (χ0v) is 17.6. The molecule has 3 aliphatic rings. The third kappa shape index (κ3) is 3.59. The zero-order chi connectivity index (χ0) is 21.3. The van der Waals surface area contributed by atoms with Crippen LogP contribution < -0.4 is 14.8 Å². The van der Waals surface area contributed by atoms with E-state index in [4.69, 9.17) is 9.47 Å². The van der Waals surface area contributed by atoms with Crippen molar-refractivity contribution in [3.8, 4) is 11.5 Å². The second kappa shape index (κ2) is 8.16. The lowest BCUT2D eigenvalue weighted by Crippen LogP contribution is -2.48. The van der Waals surface area contributed by atoms with Crippen LogP contribution in [0.3, 0.4) is 0 Å². The molecule has 8 nitrogen and oxygen atoms in total. The van der Waals surface area contributed by atoms with Gasteiger partial charge in [-0.15, -0.1) is 0 Å². The SMILES string of the molecule is CCN(C(=O)CN1C(=O)NC(C)(c2ccc3c(c2)OCCO3)C1=O)C1CCCCC1. The summed E-state index contributed by atoms with van der Waals surface area (Å²) in [5, 5.41) is 2.77. The molecule has 2 fully saturated rings. The molecule has 1 aliphatic carbocycles. The van der Waals surface area contributed by atoms with Crippen molar-refractivity contribution in [3.05, 3.63) is 23.8 Å². The highest BCUT2D eigenvalue weighted by Gasteiger charge is 2.50. The van der Waals surface area contributed by atoms with Crippen LogP contribution in [0.2, 0.25) is 0 Å². The largest absolute Gasteiger partial charge is 0.486 e. The summed E-state index contributed by atoms with van der Waals surface area (Å²) in [6.45, 7) is 4.84. The fraction of sp³-hybridized carbons (Fsp3) is 0.591. The Bertz CT molecular complexity index is 851. The highest BCUT2D eigenvalue weighted by Crippen LogP contribution is 2.37. The van der Waals surface area contributed by atoms with E-state index in [1.807, 2.05) is 11.8 Å². The summed E-state index contributed by atoms with van der Waals surface area (Å²) in [4.78, 5) is 41.7. The van der Waals surface area contributed by atoms with Gasteiger partial charge in [-0.25, -0.2) is 4.79 Å². The number of benzene rings is 1. The predicted molar refractivity (Wildman–Crippen MR) is 109 cm³/mol. The van der Waals surface area contributed by atoms with E-state index < -0.39 is 17.5 Å². The van der Waals surface area contributed by atoms with E-state index >= 15 is 0 Å². The Kier molecular flexibility index (Phi) is 5.58. The quantitative estimate of drug-likeness (QED) is 0.746.